The van der Waals surface area contributed by atoms with Crippen LogP contribution < -0.4 is 10.2 Å². The Morgan fingerprint density at radius 2 is 2.00 bits per heavy atom. The number of amides is 2. The summed E-state index contributed by atoms with van der Waals surface area (Å²) in [5.41, 5.74) is 0.670. The molecule has 2 saturated heterocycles. The van der Waals surface area contributed by atoms with E-state index in [0.29, 0.717) is 37.0 Å². The largest absolute Gasteiger partial charge is 0.379 e. The van der Waals surface area contributed by atoms with E-state index in [1.54, 1.807) is 41.3 Å². The van der Waals surface area contributed by atoms with Crippen LogP contribution in [0.25, 0.3) is 0 Å². The van der Waals surface area contributed by atoms with E-state index in [4.69, 9.17) is 16.3 Å². The summed E-state index contributed by atoms with van der Waals surface area (Å²) < 4.78 is 32.3. The van der Waals surface area contributed by atoms with Gasteiger partial charge in [0.1, 0.15) is 4.21 Å². The first-order valence-corrected chi connectivity index (χ1v) is 12.5. The summed E-state index contributed by atoms with van der Waals surface area (Å²) in [6, 6.07) is 10.2. The van der Waals surface area contributed by atoms with E-state index in [1.807, 2.05) is 0 Å². The van der Waals surface area contributed by atoms with Crippen molar-refractivity contribution in [3.8, 4) is 0 Å². The topological polar surface area (TPSA) is 96.0 Å². The number of carbonyl (C=O) groups excluding carboxylic acids is 2. The summed E-state index contributed by atoms with van der Waals surface area (Å²) in [6.07, 6.45) is 0.124. The van der Waals surface area contributed by atoms with Gasteiger partial charge in [-0.05, 0) is 30.3 Å². The van der Waals surface area contributed by atoms with Gasteiger partial charge in [0.25, 0.3) is 10.0 Å². The molecule has 0 unspecified atom stereocenters. The van der Waals surface area contributed by atoms with Gasteiger partial charge in [0, 0.05) is 41.6 Å². The molecule has 11 heteroatoms. The molecule has 1 atom stereocenters. The van der Waals surface area contributed by atoms with Gasteiger partial charge in [-0.25, -0.2) is 8.42 Å². The van der Waals surface area contributed by atoms with Crippen molar-refractivity contribution in [3.05, 3.63) is 46.3 Å². The molecular weight excluding hydrogens is 462 g/mol. The van der Waals surface area contributed by atoms with Gasteiger partial charge in [-0.1, -0.05) is 17.7 Å². The third-order valence-corrected chi connectivity index (χ3v) is 8.94. The Balaban J connectivity index is 1.35. The number of thiophene rings is 1. The predicted octanol–water partition coefficient (Wildman–Crippen LogP) is 2.09. The first kappa shape index (κ1) is 22.2. The average molecular weight is 484 g/mol. The second-order valence-corrected chi connectivity index (χ2v) is 11.1. The Hall–Kier alpha value is -1.98. The molecule has 2 aromatic rings. The van der Waals surface area contributed by atoms with Crippen molar-refractivity contribution < 1.29 is 22.7 Å². The number of ether oxygens (including phenoxy) is 1. The fraction of sp³-hybridized carbons (Fsp3) is 0.400. The van der Waals surface area contributed by atoms with E-state index >= 15 is 0 Å². The second kappa shape index (κ2) is 9.25. The normalized spacial score (nSPS) is 20.2. The summed E-state index contributed by atoms with van der Waals surface area (Å²) in [5.74, 6) is -0.829. The van der Waals surface area contributed by atoms with Gasteiger partial charge < -0.3 is 15.0 Å². The van der Waals surface area contributed by atoms with Crippen LogP contribution >= 0.6 is 22.9 Å². The van der Waals surface area contributed by atoms with Crippen LogP contribution in [0.4, 0.5) is 5.69 Å². The van der Waals surface area contributed by atoms with Gasteiger partial charge in [0.05, 0.1) is 25.7 Å². The number of benzene rings is 1. The Bertz CT molecular complexity index is 1080. The summed E-state index contributed by atoms with van der Waals surface area (Å²) in [5, 5.41) is 3.35. The molecule has 0 radical (unpaired) electrons. The van der Waals surface area contributed by atoms with Crippen molar-refractivity contribution in [3.63, 3.8) is 0 Å². The highest BCUT2D eigenvalue weighted by Gasteiger charge is 2.35. The van der Waals surface area contributed by atoms with Gasteiger partial charge in [0.2, 0.25) is 11.8 Å². The zero-order valence-corrected chi connectivity index (χ0v) is 19.0. The highest BCUT2D eigenvalue weighted by Crippen LogP contribution is 2.28. The summed E-state index contributed by atoms with van der Waals surface area (Å²) in [6.45, 7) is 1.95. The van der Waals surface area contributed by atoms with Crippen LogP contribution in [0.3, 0.4) is 0 Å². The maximum Gasteiger partial charge on any atom is 0.252 e. The van der Waals surface area contributed by atoms with Gasteiger partial charge >= 0.3 is 0 Å². The zero-order chi connectivity index (χ0) is 22.0. The molecule has 2 aliphatic rings. The third kappa shape index (κ3) is 4.93. The van der Waals surface area contributed by atoms with Crippen molar-refractivity contribution in [2.45, 2.75) is 17.2 Å². The van der Waals surface area contributed by atoms with Crippen LogP contribution in [-0.2, 0) is 30.9 Å². The Morgan fingerprint density at radius 3 is 2.74 bits per heavy atom. The van der Waals surface area contributed by atoms with Gasteiger partial charge in [-0.2, -0.15) is 4.31 Å². The van der Waals surface area contributed by atoms with Crippen molar-refractivity contribution in [2.24, 2.45) is 5.92 Å². The maximum atomic E-state index is 12.7. The molecule has 1 aromatic heterocycles. The standard InChI is InChI=1S/C20H22ClN3O5S2/c21-15-2-1-3-16(11-15)24-13-14(10-18(24)25)20(26)22-12-17-4-5-19(30-17)31(27,28)23-6-8-29-9-7-23/h1-5,11,14H,6-10,12-13H2,(H,22,26)/t14-/m1/s1. The smallest absolute Gasteiger partial charge is 0.252 e. The Labute approximate surface area is 189 Å². The molecule has 31 heavy (non-hydrogen) atoms. The Morgan fingerprint density at radius 1 is 1.23 bits per heavy atom. The minimum absolute atomic E-state index is 0.124. The van der Waals surface area contributed by atoms with Crippen LogP contribution in [0.2, 0.25) is 5.02 Å². The molecule has 1 N–H and O–H groups in total. The number of nitrogens with one attached hydrogen (secondary N) is 1. The minimum Gasteiger partial charge on any atom is -0.379 e. The molecule has 2 fully saturated rings. The van der Waals surface area contributed by atoms with Gasteiger partial charge in [0.15, 0.2) is 0 Å². The number of rotatable bonds is 6. The number of sulfonamides is 1. The average Bonchev–Trinajstić information content (AvgIpc) is 3.40. The van der Waals surface area contributed by atoms with Crippen molar-refractivity contribution in [1.29, 1.82) is 0 Å². The van der Waals surface area contributed by atoms with E-state index in [-0.39, 0.29) is 35.5 Å². The molecule has 166 valence electrons. The Kier molecular flexibility index (Phi) is 6.63. The van der Waals surface area contributed by atoms with E-state index in [9.17, 15) is 18.0 Å². The van der Waals surface area contributed by atoms with Gasteiger partial charge in [-0.3, -0.25) is 9.59 Å². The number of carbonyl (C=O) groups is 2. The molecule has 0 spiro atoms. The molecule has 0 saturated carbocycles. The molecule has 1 aromatic carbocycles. The van der Waals surface area contributed by atoms with Crippen LogP contribution in [0.15, 0.2) is 40.6 Å². The molecule has 0 bridgehead atoms. The number of hydrogen-bond donors (Lipinski definition) is 1. The molecule has 8 nitrogen and oxygen atoms in total. The van der Waals surface area contributed by atoms with Crippen molar-refractivity contribution in [2.75, 3.05) is 37.7 Å². The molecular formula is C20H22ClN3O5S2. The number of morpholine rings is 1. The minimum atomic E-state index is -3.55. The first-order chi connectivity index (χ1) is 14.8. The number of hydrogen-bond acceptors (Lipinski definition) is 6. The van der Waals surface area contributed by atoms with E-state index in [1.165, 1.54) is 4.31 Å². The fourth-order valence-corrected chi connectivity index (χ4v) is 6.64. The van der Waals surface area contributed by atoms with Crippen molar-refractivity contribution >= 4 is 50.5 Å². The summed E-state index contributed by atoms with van der Waals surface area (Å²) in [4.78, 5) is 27.3. The third-order valence-electron chi connectivity index (χ3n) is 5.25. The van der Waals surface area contributed by atoms with E-state index in [2.05, 4.69) is 5.32 Å². The highest BCUT2D eigenvalue weighted by molar-refractivity contribution is 7.91. The van der Waals surface area contributed by atoms with Crippen LogP contribution in [-0.4, -0.2) is 57.4 Å². The molecule has 0 aliphatic carbocycles. The summed E-state index contributed by atoms with van der Waals surface area (Å²) >= 11 is 7.14. The number of halogens is 1. The molecule has 2 amide bonds. The SMILES string of the molecule is O=C(NCc1ccc(S(=O)(=O)N2CCOCC2)s1)[C@@H]1CC(=O)N(c2cccc(Cl)c2)C1. The lowest BCUT2D eigenvalue weighted by Crippen LogP contribution is -2.40. The van der Waals surface area contributed by atoms with Crippen molar-refractivity contribution in [1.82, 2.24) is 9.62 Å². The van der Waals surface area contributed by atoms with Crippen LogP contribution in [0.5, 0.6) is 0 Å². The molecule has 3 heterocycles. The van der Waals surface area contributed by atoms with Crippen LogP contribution in [0.1, 0.15) is 11.3 Å². The lowest BCUT2D eigenvalue weighted by Gasteiger charge is -2.25. The maximum absolute atomic E-state index is 12.7. The van der Waals surface area contributed by atoms with E-state index < -0.39 is 15.9 Å². The fourth-order valence-electron chi connectivity index (χ4n) is 3.60. The molecule has 4 rings (SSSR count). The second-order valence-electron chi connectivity index (χ2n) is 7.34. The quantitative estimate of drug-likeness (QED) is 0.678. The number of anilines is 1. The lowest BCUT2D eigenvalue weighted by atomic mass is 10.1. The highest BCUT2D eigenvalue weighted by atomic mass is 35.5. The summed E-state index contributed by atoms with van der Waals surface area (Å²) in [7, 11) is -3.55. The van der Waals surface area contributed by atoms with Crippen LogP contribution in [0, 0.1) is 5.92 Å². The lowest BCUT2D eigenvalue weighted by molar-refractivity contribution is -0.126. The number of nitrogens with zero attached hydrogens (tertiary/aromatic N) is 2. The van der Waals surface area contributed by atoms with Gasteiger partial charge in [-0.15, -0.1) is 11.3 Å². The van der Waals surface area contributed by atoms with E-state index in [0.717, 1.165) is 16.2 Å². The first-order valence-electron chi connectivity index (χ1n) is 9.85. The monoisotopic (exact) mass is 483 g/mol. The zero-order valence-electron chi connectivity index (χ0n) is 16.6. The predicted molar refractivity (Wildman–Crippen MR) is 118 cm³/mol. The molecule has 2 aliphatic heterocycles.